The summed E-state index contributed by atoms with van der Waals surface area (Å²) in [4.78, 5) is 0. The molecule has 4 aliphatic rings. The number of hydrogen-bond donors (Lipinski definition) is 2. The Kier molecular flexibility index (Phi) is 3.22. The zero-order chi connectivity index (χ0) is 12.9. The van der Waals surface area contributed by atoms with Gasteiger partial charge in [-0.15, -0.1) is 0 Å². The van der Waals surface area contributed by atoms with Crippen molar-refractivity contribution < 1.29 is 5.11 Å². The molecule has 1 unspecified atom stereocenters. The first-order valence-electron chi connectivity index (χ1n) is 7.88. The van der Waals surface area contributed by atoms with E-state index in [0.29, 0.717) is 0 Å². The molecule has 104 valence electrons. The smallest absolute Gasteiger partial charge is 0.0606 e. The molecule has 0 spiro atoms. The lowest BCUT2D eigenvalue weighted by Crippen LogP contribution is -2.47. The lowest BCUT2D eigenvalue weighted by Gasteiger charge is -2.55. The predicted molar refractivity (Wildman–Crippen MR) is 74.0 cm³/mol. The molecule has 4 fully saturated rings. The van der Waals surface area contributed by atoms with E-state index in [4.69, 9.17) is 5.73 Å². The van der Waals surface area contributed by atoms with Crippen molar-refractivity contribution in [3.8, 4) is 0 Å². The first-order chi connectivity index (χ1) is 8.40. The summed E-state index contributed by atoms with van der Waals surface area (Å²) in [5.41, 5.74) is 5.67. The molecule has 3 N–H and O–H groups in total. The second kappa shape index (κ2) is 4.49. The van der Waals surface area contributed by atoms with Gasteiger partial charge in [-0.25, -0.2) is 0 Å². The average Bonchev–Trinajstić information content (AvgIpc) is 2.19. The Labute approximate surface area is 111 Å². The van der Waals surface area contributed by atoms with Gasteiger partial charge in [0.25, 0.3) is 0 Å². The van der Waals surface area contributed by atoms with Crippen molar-refractivity contribution in [2.75, 3.05) is 0 Å². The fourth-order valence-corrected chi connectivity index (χ4v) is 5.50. The minimum atomic E-state index is -0.606. The highest BCUT2D eigenvalue weighted by molar-refractivity contribution is 4.99. The van der Waals surface area contributed by atoms with Crippen LogP contribution < -0.4 is 5.73 Å². The van der Waals surface area contributed by atoms with E-state index in [0.717, 1.165) is 42.4 Å². The van der Waals surface area contributed by atoms with E-state index >= 15 is 0 Å². The highest BCUT2D eigenvalue weighted by atomic mass is 16.3. The normalized spacial score (nSPS) is 44.3. The van der Waals surface area contributed by atoms with Gasteiger partial charge in [0.2, 0.25) is 0 Å². The minimum Gasteiger partial charge on any atom is -0.390 e. The molecule has 0 aromatic heterocycles. The summed E-state index contributed by atoms with van der Waals surface area (Å²) >= 11 is 0. The number of nitrogens with two attached hydrogens (primary N) is 1. The highest BCUT2D eigenvalue weighted by Crippen LogP contribution is 2.57. The predicted octanol–water partition coefficient (Wildman–Crippen LogP) is 2.94. The molecule has 0 aromatic rings. The highest BCUT2D eigenvalue weighted by Gasteiger charge is 2.48. The van der Waals surface area contributed by atoms with Crippen LogP contribution >= 0.6 is 0 Å². The lowest BCUT2D eigenvalue weighted by atomic mass is 9.51. The van der Waals surface area contributed by atoms with Crippen LogP contribution in [0.2, 0.25) is 0 Å². The van der Waals surface area contributed by atoms with Crippen molar-refractivity contribution in [1.82, 2.24) is 0 Å². The largest absolute Gasteiger partial charge is 0.390 e. The Morgan fingerprint density at radius 2 is 1.56 bits per heavy atom. The van der Waals surface area contributed by atoms with E-state index in [2.05, 4.69) is 0 Å². The van der Waals surface area contributed by atoms with Crippen LogP contribution in [0.3, 0.4) is 0 Å². The zero-order valence-corrected chi connectivity index (χ0v) is 11.9. The van der Waals surface area contributed by atoms with Crippen molar-refractivity contribution in [3.05, 3.63) is 0 Å². The van der Waals surface area contributed by atoms with Crippen molar-refractivity contribution >= 4 is 0 Å². The van der Waals surface area contributed by atoms with Gasteiger partial charge in [0.1, 0.15) is 0 Å². The van der Waals surface area contributed by atoms with Gasteiger partial charge in [-0.05, 0) is 88.4 Å². The number of hydrogen-bond acceptors (Lipinski definition) is 2. The summed E-state index contributed by atoms with van der Waals surface area (Å²) in [6.45, 7) is 3.76. The van der Waals surface area contributed by atoms with E-state index in [-0.39, 0.29) is 6.04 Å². The summed E-state index contributed by atoms with van der Waals surface area (Å²) in [5, 5.41) is 9.89. The van der Waals surface area contributed by atoms with Crippen LogP contribution in [0.1, 0.15) is 58.8 Å². The van der Waals surface area contributed by atoms with Gasteiger partial charge in [-0.3, -0.25) is 0 Å². The molecule has 1 atom stereocenters. The van der Waals surface area contributed by atoms with Gasteiger partial charge < -0.3 is 10.8 Å². The molecule has 4 saturated carbocycles. The van der Waals surface area contributed by atoms with E-state index in [1.165, 1.54) is 32.1 Å². The van der Waals surface area contributed by atoms with Gasteiger partial charge in [0.15, 0.2) is 0 Å². The summed E-state index contributed by atoms with van der Waals surface area (Å²) in [6, 6.07) is 0.188. The second-order valence-corrected chi connectivity index (χ2v) is 8.11. The molecule has 4 aliphatic carbocycles. The van der Waals surface area contributed by atoms with Crippen molar-refractivity contribution in [2.24, 2.45) is 35.3 Å². The van der Waals surface area contributed by atoms with E-state index in [9.17, 15) is 5.11 Å². The molecule has 0 saturated heterocycles. The maximum absolute atomic E-state index is 9.89. The van der Waals surface area contributed by atoms with Crippen LogP contribution in [-0.2, 0) is 0 Å². The summed E-state index contributed by atoms with van der Waals surface area (Å²) < 4.78 is 0. The van der Waals surface area contributed by atoms with Crippen LogP contribution in [-0.4, -0.2) is 16.7 Å². The number of rotatable bonds is 4. The maximum atomic E-state index is 9.89. The quantitative estimate of drug-likeness (QED) is 0.807. The Hall–Kier alpha value is -0.0800. The van der Waals surface area contributed by atoms with Gasteiger partial charge >= 0.3 is 0 Å². The summed E-state index contributed by atoms with van der Waals surface area (Å²) in [7, 11) is 0. The third-order valence-corrected chi connectivity index (χ3v) is 5.76. The molecular weight excluding hydrogens is 222 g/mol. The SMILES string of the molecule is CC(C)(O)CC(N)CC1C2CC3CC(C2)CC1C3. The standard InChI is InChI=1S/C16H29NO/c1-16(2,18)9-14(17)8-15-12-4-10-3-11(6-12)7-13(15)5-10/h10-15,18H,3-9,17H2,1-2H3. The second-order valence-electron chi connectivity index (χ2n) is 8.11. The van der Waals surface area contributed by atoms with E-state index in [1.807, 2.05) is 13.8 Å². The fourth-order valence-electron chi connectivity index (χ4n) is 5.50. The minimum absolute atomic E-state index is 0.188. The molecule has 4 rings (SSSR count). The molecule has 18 heavy (non-hydrogen) atoms. The first kappa shape index (κ1) is 12.9. The topological polar surface area (TPSA) is 46.2 Å². The molecule has 0 amide bonds. The third kappa shape index (κ3) is 2.60. The van der Waals surface area contributed by atoms with Gasteiger partial charge in [0.05, 0.1) is 5.60 Å². The molecule has 2 heteroatoms. The maximum Gasteiger partial charge on any atom is 0.0606 e. The van der Waals surface area contributed by atoms with Crippen LogP contribution in [0.4, 0.5) is 0 Å². The monoisotopic (exact) mass is 251 g/mol. The van der Waals surface area contributed by atoms with E-state index < -0.39 is 5.60 Å². The molecule has 4 bridgehead atoms. The molecular formula is C16H29NO. The van der Waals surface area contributed by atoms with Crippen LogP contribution in [0.15, 0.2) is 0 Å². The molecule has 0 aromatic carbocycles. The Bertz CT molecular complexity index is 279. The Morgan fingerprint density at radius 1 is 1.06 bits per heavy atom. The van der Waals surface area contributed by atoms with Gasteiger partial charge in [0, 0.05) is 6.04 Å². The van der Waals surface area contributed by atoms with E-state index in [1.54, 1.807) is 0 Å². The Morgan fingerprint density at radius 3 is 2.00 bits per heavy atom. The fraction of sp³-hybridized carbons (Fsp3) is 1.00. The zero-order valence-electron chi connectivity index (χ0n) is 11.9. The number of aliphatic hydroxyl groups is 1. The average molecular weight is 251 g/mol. The van der Waals surface area contributed by atoms with Crippen molar-refractivity contribution in [1.29, 1.82) is 0 Å². The first-order valence-corrected chi connectivity index (χ1v) is 7.88. The van der Waals surface area contributed by atoms with Crippen LogP contribution in [0, 0.1) is 29.6 Å². The molecule has 0 aliphatic heterocycles. The molecule has 2 nitrogen and oxygen atoms in total. The third-order valence-electron chi connectivity index (χ3n) is 5.76. The Balaban J connectivity index is 1.60. The van der Waals surface area contributed by atoms with Gasteiger partial charge in [-0.1, -0.05) is 0 Å². The molecule has 0 heterocycles. The van der Waals surface area contributed by atoms with Crippen LogP contribution in [0.5, 0.6) is 0 Å². The van der Waals surface area contributed by atoms with Gasteiger partial charge in [-0.2, -0.15) is 0 Å². The van der Waals surface area contributed by atoms with Crippen molar-refractivity contribution in [3.63, 3.8) is 0 Å². The molecule has 0 radical (unpaired) electrons. The lowest BCUT2D eigenvalue weighted by molar-refractivity contribution is -0.0452. The van der Waals surface area contributed by atoms with Crippen molar-refractivity contribution in [2.45, 2.75) is 70.4 Å². The summed E-state index contributed by atoms with van der Waals surface area (Å²) in [6.07, 6.45) is 9.34. The van der Waals surface area contributed by atoms with Crippen LogP contribution in [0.25, 0.3) is 0 Å². The summed E-state index contributed by atoms with van der Waals surface area (Å²) in [5.74, 6) is 4.90.